The molecule has 1 fully saturated rings. The maximum absolute atomic E-state index is 12.9. The lowest BCUT2D eigenvalue weighted by molar-refractivity contribution is -0.123. The van der Waals surface area contributed by atoms with Gasteiger partial charge in [0.2, 0.25) is 15.9 Å². The fraction of sp³-hybridized carbons (Fsp3) is 0.435. The van der Waals surface area contributed by atoms with Crippen LogP contribution in [0.4, 0.5) is 0 Å². The molecule has 162 valence electrons. The van der Waals surface area contributed by atoms with Crippen molar-refractivity contribution in [1.29, 1.82) is 0 Å². The smallest absolute Gasteiger partial charge is 0.243 e. The maximum atomic E-state index is 12.9. The molecular weight excluding hydrogens is 398 g/mol. The van der Waals surface area contributed by atoms with Crippen molar-refractivity contribution in [3.05, 3.63) is 65.7 Å². The van der Waals surface area contributed by atoms with Gasteiger partial charge >= 0.3 is 0 Å². The zero-order valence-electron chi connectivity index (χ0n) is 17.8. The topological polar surface area (TPSA) is 69.7 Å². The highest BCUT2D eigenvalue weighted by Crippen LogP contribution is 2.19. The van der Waals surface area contributed by atoms with E-state index in [1.54, 1.807) is 12.1 Å². The summed E-state index contributed by atoms with van der Waals surface area (Å²) in [6.07, 6.45) is 1.98. The van der Waals surface area contributed by atoms with Crippen LogP contribution in [-0.2, 0) is 21.2 Å². The van der Waals surface area contributed by atoms with E-state index in [0.717, 1.165) is 24.0 Å². The zero-order valence-corrected chi connectivity index (χ0v) is 18.6. The second kappa shape index (κ2) is 10.2. The van der Waals surface area contributed by atoms with E-state index in [-0.39, 0.29) is 18.5 Å². The lowest BCUT2D eigenvalue weighted by Gasteiger charge is -2.33. The van der Waals surface area contributed by atoms with Crippen molar-refractivity contribution in [2.24, 2.45) is 0 Å². The molecule has 3 rings (SSSR count). The normalized spacial score (nSPS) is 16.9. The molecule has 0 radical (unpaired) electrons. The molecule has 0 aromatic heterocycles. The summed E-state index contributed by atoms with van der Waals surface area (Å²) in [5, 5.41) is 3.01. The molecule has 1 aliphatic rings. The first-order chi connectivity index (χ1) is 14.4. The van der Waals surface area contributed by atoms with E-state index in [1.807, 2.05) is 54.3 Å². The molecular formula is C23H31N3O3S. The molecule has 1 unspecified atom stereocenters. The molecule has 1 heterocycles. The molecule has 0 bridgehead atoms. The molecule has 0 aliphatic carbocycles. The molecule has 0 spiro atoms. The van der Waals surface area contributed by atoms with Gasteiger partial charge in [-0.3, -0.25) is 9.69 Å². The summed E-state index contributed by atoms with van der Waals surface area (Å²) in [6.45, 7) is 6.20. The van der Waals surface area contributed by atoms with Gasteiger partial charge in [-0.2, -0.15) is 4.31 Å². The van der Waals surface area contributed by atoms with Crippen LogP contribution < -0.4 is 5.32 Å². The van der Waals surface area contributed by atoms with Crippen LogP contribution in [0.2, 0.25) is 0 Å². The largest absolute Gasteiger partial charge is 0.348 e. The second-order valence-electron chi connectivity index (χ2n) is 7.77. The maximum Gasteiger partial charge on any atom is 0.243 e. The number of sulfonamides is 1. The average molecular weight is 430 g/mol. The number of amides is 1. The number of hydrogen-bond donors (Lipinski definition) is 1. The molecule has 2 aromatic rings. The Balaban J connectivity index is 1.50. The van der Waals surface area contributed by atoms with Crippen molar-refractivity contribution < 1.29 is 13.2 Å². The number of carbonyl (C=O) groups excluding carboxylic acids is 1. The van der Waals surface area contributed by atoms with E-state index >= 15 is 0 Å². The Kier molecular flexibility index (Phi) is 7.64. The predicted molar refractivity (Wildman–Crippen MR) is 119 cm³/mol. The molecule has 1 aliphatic heterocycles. The molecule has 1 saturated heterocycles. The van der Waals surface area contributed by atoms with Crippen LogP contribution in [0, 0.1) is 0 Å². The van der Waals surface area contributed by atoms with Crippen LogP contribution in [0.15, 0.2) is 59.5 Å². The summed E-state index contributed by atoms with van der Waals surface area (Å²) < 4.78 is 27.3. The van der Waals surface area contributed by atoms with Gasteiger partial charge in [0.05, 0.1) is 17.5 Å². The summed E-state index contributed by atoms with van der Waals surface area (Å²) in [5.41, 5.74) is 2.21. The molecule has 6 nitrogen and oxygen atoms in total. The fourth-order valence-corrected chi connectivity index (χ4v) is 5.13. The molecule has 1 atom stereocenters. The molecule has 0 saturated carbocycles. The quantitative estimate of drug-likeness (QED) is 0.701. The predicted octanol–water partition coefficient (Wildman–Crippen LogP) is 2.82. The Morgan fingerprint density at radius 1 is 1.00 bits per heavy atom. The molecule has 1 amide bonds. The highest BCUT2D eigenvalue weighted by Gasteiger charge is 2.29. The van der Waals surface area contributed by atoms with Crippen LogP contribution in [0.3, 0.4) is 0 Å². The van der Waals surface area contributed by atoms with Crippen LogP contribution >= 0.6 is 0 Å². The molecule has 30 heavy (non-hydrogen) atoms. The molecule has 7 heteroatoms. The summed E-state index contributed by atoms with van der Waals surface area (Å²) in [6, 6.07) is 17.0. The third-order valence-electron chi connectivity index (χ3n) is 5.48. The van der Waals surface area contributed by atoms with Gasteiger partial charge in [-0.1, -0.05) is 55.8 Å². The monoisotopic (exact) mass is 429 g/mol. The van der Waals surface area contributed by atoms with Gasteiger partial charge in [0.1, 0.15) is 0 Å². The van der Waals surface area contributed by atoms with E-state index < -0.39 is 10.0 Å². The standard InChI is InChI=1S/C23H31N3O3S/c1-3-7-20-10-12-22(13-11-20)30(28,29)26-16-14-25(15-17-26)18-23(27)24-19(2)21-8-5-4-6-9-21/h4-6,8-13,19H,3,7,14-18H2,1-2H3,(H,24,27). The summed E-state index contributed by atoms with van der Waals surface area (Å²) in [5.74, 6) is -0.0471. The number of benzene rings is 2. The van der Waals surface area contributed by atoms with E-state index in [9.17, 15) is 13.2 Å². The average Bonchev–Trinajstić information content (AvgIpc) is 2.75. The third-order valence-corrected chi connectivity index (χ3v) is 7.39. The number of aryl methyl sites for hydroxylation is 1. The fourth-order valence-electron chi connectivity index (χ4n) is 3.71. The minimum absolute atomic E-state index is 0.0471. The highest BCUT2D eigenvalue weighted by atomic mass is 32.2. The van der Waals surface area contributed by atoms with Crippen molar-refractivity contribution in [3.8, 4) is 0 Å². The number of rotatable bonds is 8. The first kappa shape index (κ1) is 22.5. The number of piperazine rings is 1. The Morgan fingerprint density at radius 2 is 1.63 bits per heavy atom. The van der Waals surface area contributed by atoms with Gasteiger partial charge in [0, 0.05) is 26.2 Å². The highest BCUT2D eigenvalue weighted by molar-refractivity contribution is 7.89. The zero-order chi connectivity index (χ0) is 21.6. The van der Waals surface area contributed by atoms with E-state index in [1.165, 1.54) is 4.31 Å². The van der Waals surface area contributed by atoms with Crippen LogP contribution in [-0.4, -0.2) is 56.3 Å². The minimum Gasteiger partial charge on any atom is -0.348 e. The first-order valence-electron chi connectivity index (χ1n) is 10.6. The number of nitrogens with zero attached hydrogens (tertiary/aromatic N) is 2. The van der Waals surface area contributed by atoms with Crippen LogP contribution in [0.1, 0.15) is 37.4 Å². The van der Waals surface area contributed by atoms with E-state index in [2.05, 4.69) is 12.2 Å². The van der Waals surface area contributed by atoms with Crippen molar-refractivity contribution in [1.82, 2.24) is 14.5 Å². The molecule has 1 N–H and O–H groups in total. The number of nitrogens with one attached hydrogen (secondary N) is 1. The lowest BCUT2D eigenvalue weighted by Crippen LogP contribution is -2.51. The Morgan fingerprint density at radius 3 is 2.23 bits per heavy atom. The van der Waals surface area contributed by atoms with Gasteiger partial charge < -0.3 is 5.32 Å². The summed E-state index contributed by atoms with van der Waals surface area (Å²) >= 11 is 0. The lowest BCUT2D eigenvalue weighted by atomic mass is 10.1. The van der Waals surface area contributed by atoms with Crippen LogP contribution in [0.25, 0.3) is 0 Å². The van der Waals surface area contributed by atoms with Gasteiger partial charge in [-0.05, 0) is 36.6 Å². The summed E-state index contributed by atoms with van der Waals surface area (Å²) in [7, 11) is -3.49. The Hall–Kier alpha value is -2.22. The van der Waals surface area contributed by atoms with Gasteiger partial charge in [0.15, 0.2) is 0 Å². The number of hydrogen-bond acceptors (Lipinski definition) is 4. The van der Waals surface area contributed by atoms with Gasteiger partial charge in [-0.15, -0.1) is 0 Å². The van der Waals surface area contributed by atoms with Crippen molar-refractivity contribution in [3.63, 3.8) is 0 Å². The van der Waals surface area contributed by atoms with Crippen molar-refractivity contribution in [2.75, 3.05) is 32.7 Å². The van der Waals surface area contributed by atoms with Crippen molar-refractivity contribution >= 4 is 15.9 Å². The Bertz CT molecular complexity index is 922. The van der Waals surface area contributed by atoms with E-state index in [4.69, 9.17) is 0 Å². The number of carbonyl (C=O) groups is 1. The van der Waals surface area contributed by atoms with Gasteiger partial charge in [-0.25, -0.2) is 8.42 Å². The molecule has 2 aromatic carbocycles. The van der Waals surface area contributed by atoms with Crippen molar-refractivity contribution in [2.45, 2.75) is 37.6 Å². The first-order valence-corrected chi connectivity index (χ1v) is 12.0. The Labute approximate surface area is 179 Å². The SMILES string of the molecule is CCCc1ccc(S(=O)(=O)N2CCN(CC(=O)NC(C)c3ccccc3)CC2)cc1. The van der Waals surface area contributed by atoms with Gasteiger partial charge in [0.25, 0.3) is 0 Å². The van der Waals surface area contributed by atoms with Crippen LogP contribution in [0.5, 0.6) is 0 Å². The third kappa shape index (κ3) is 5.68. The second-order valence-corrected chi connectivity index (χ2v) is 9.71. The summed E-state index contributed by atoms with van der Waals surface area (Å²) in [4.78, 5) is 14.7. The van der Waals surface area contributed by atoms with E-state index in [0.29, 0.717) is 31.1 Å². The minimum atomic E-state index is -3.49.